The first kappa shape index (κ1) is 18.4. The van der Waals surface area contributed by atoms with Crippen LogP contribution in [-0.2, 0) is 0 Å². The van der Waals surface area contributed by atoms with E-state index < -0.39 is 23.1 Å². The molecule has 29 heavy (non-hydrogen) atoms. The summed E-state index contributed by atoms with van der Waals surface area (Å²) in [7, 11) is 0. The van der Waals surface area contributed by atoms with Crippen LogP contribution in [0.15, 0.2) is 67.0 Å². The van der Waals surface area contributed by atoms with Crippen LogP contribution < -0.4 is 5.32 Å². The largest absolute Gasteiger partial charge is 0.322 e. The lowest BCUT2D eigenvalue weighted by atomic mass is 9.99. The molecule has 0 radical (unpaired) electrons. The molecule has 6 nitrogen and oxygen atoms in total. The number of rotatable bonds is 4. The van der Waals surface area contributed by atoms with Crippen LogP contribution in [0.25, 0.3) is 16.8 Å². The molecule has 0 fully saturated rings. The second-order valence-electron chi connectivity index (χ2n) is 6.38. The van der Waals surface area contributed by atoms with E-state index in [1.54, 1.807) is 16.8 Å². The minimum absolute atomic E-state index is 0.427. The topological polar surface area (TPSA) is 72.7 Å². The highest BCUT2D eigenvalue weighted by molar-refractivity contribution is 6.04. The van der Waals surface area contributed by atoms with Gasteiger partial charge < -0.3 is 5.32 Å². The second kappa shape index (κ2) is 7.59. The van der Waals surface area contributed by atoms with Crippen molar-refractivity contribution in [1.29, 1.82) is 0 Å². The van der Waals surface area contributed by atoms with Crippen LogP contribution in [0.5, 0.6) is 0 Å². The van der Waals surface area contributed by atoms with Gasteiger partial charge in [-0.25, -0.2) is 13.5 Å². The van der Waals surface area contributed by atoms with Gasteiger partial charge in [0.1, 0.15) is 23.5 Å². The standard InChI is InChI=1S/C21H15F2N5O/c1-13-5-10-16(28-12-24-26-27-28)11-17(13)14-6-8-15(9-7-14)25-21(29)20-18(22)3-2-4-19(20)23/h2-12H,1H3,(H,25,29). The van der Waals surface area contributed by atoms with Crippen molar-refractivity contribution >= 4 is 11.6 Å². The number of nitrogens with one attached hydrogen (secondary N) is 1. The highest BCUT2D eigenvalue weighted by Gasteiger charge is 2.17. The molecule has 0 unspecified atom stereocenters. The number of hydrogen-bond donors (Lipinski definition) is 1. The van der Waals surface area contributed by atoms with E-state index in [0.29, 0.717) is 5.69 Å². The number of carbonyl (C=O) groups is 1. The van der Waals surface area contributed by atoms with Crippen LogP contribution in [0.2, 0.25) is 0 Å². The Morgan fingerprint density at radius 1 is 1.00 bits per heavy atom. The second-order valence-corrected chi connectivity index (χ2v) is 6.38. The third-order valence-electron chi connectivity index (χ3n) is 4.48. The average molecular weight is 391 g/mol. The molecule has 0 saturated heterocycles. The number of tetrazole rings is 1. The molecule has 4 rings (SSSR count). The summed E-state index contributed by atoms with van der Waals surface area (Å²) >= 11 is 0. The quantitative estimate of drug-likeness (QED) is 0.567. The third kappa shape index (κ3) is 3.73. The first-order chi connectivity index (χ1) is 14.0. The van der Waals surface area contributed by atoms with Gasteiger partial charge in [0.2, 0.25) is 0 Å². The Bertz CT molecular complexity index is 1150. The third-order valence-corrected chi connectivity index (χ3v) is 4.48. The van der Waals surface area contributed by atoms with E-state index in [1.807, 2.05) is 37.3 Å². The van der Waals surface area contributed by atoms with Gasteiger partial charge in [-0.15, -0.1) is 5.10 Å². The van der Waals surface area contributed by atoms with Gasteiger partial charge in [-0.3, -0.25) is 4.79 Å². The van der Waals surface area contributed by atoms with E-state index in [1.165, 1.54) is 12.4 Å². The smallest absolute Gasteiger partial charge is 0.261 e. The van der Waals surface area contributed by atoms with Crippen molar-refractivity contribution in [3.8, 4) is 16.8 Å². The lowest BCUT2D eigenvalue weighted by molar-refractivity contribution is 0.101. The molecule has 0 spiro atoms. The summed E-state index contributed by atoms with van der Waals surface area (Å²) in [5.74, 6) is -2.66. The van der Waals surface area contributed by atoms with E-state index in [2.05, 4.69) is 20.8 Å². The summed E-state index contributed by atoms with van der Waals surface area (Å²) in [6, 6.07) is 16.1. The number of aryl methyl sites for hydroxylation is 1. The van der Waals surface area contributed by atoms with Gasteiger partial charge >= 0.3 is 0 Å². The van der Waals surface area contributed by atoms with Crippen LogP contribution in [0, 0.1) is 18.6 Å². The van der Waals surface area contributed by atoms with Crippen molar-refractivity contribution in [1.82, 2.24) is 20.2 Å². The van der Waals surface area contributed by atoms with Crippen molar-refractivity contribution < 1.29 is 13.6 Å². The summed E-state index contributed by atoms with van der Waals surface area (Å²) in [5.41, 5.74) is 3.55. The maximum atomic E-state index is 13.8. The molecule has 1 N–H and O–H groups in total. The van der Waals surface area contributed by atoms with Crippen molar-refractivity contribution in [3.05, 3.63) is 89.8 Å². The molecule has 0 bridgehead atoms. The Morgan fingerprint density at radius 2 is 1.72 bits per heavy atom. The average Bonchev–Trinajstić information content (AvgIpc) is 3.24. The van der Waals surface area contributed by atoms with E-state index in [9.17, 15) is 13.6 Å². The Hall–Kier alpha value is -3.94. The van der Waals surface area contributed by atoms with Gasteiger partial charge in [0.25, 0.3) is 5.91 Å². The predicted molar refractivity (Wildman–Crippen MR) is 104 cm³/mol. The number of benzene rings is 3. The Morgan fingerprint density at radius 3 is 2.38 bits per heavy atom. The SMILES string of the molecule is Cc1ccc(-n2cnnn2)cc1-c1ccc(NC(=O)c2c(F)cccc2F)cc1. The number of halogens is 2. The van der Waals surface area contributed by atoms with Crippen molar-refractivity contribution in [2.45, 2.75) is 6.92 Å². The summed E-state index contributed by atoms with van der Waals surface area (Å²) in [6.07, 6.45) is 1.51. The molecule has 0 aliphatic heterocycles. The van der Waals surface area contributed by atoms with Crippen molar-refractivity contribution in [2.24, 2.45) is 0 Å². The molecule has 0 atom stereocenters. The summed E-state index contributed by atoms with van der Waals surface area (Å²) in [6.45, 7) is 1.98. The molecule has 0 aliphatic rings. The fraction of sp³-hybridized carbons (Fsp3) is 0.0476. The highest BCUT2D eigenvalue weighted by Crippen LogP contribution is 2.27. The number of carbonyl (C=O) groups excluding carboxylic acids is 1. The Labute approximate surface area is 164 Å². The zero-order valence-electron chi connectivity index (χ0n) is 15.3. The number of hydrogen-bond acceptors (Lipinski definition) is 4. The molecular formula is C21H15F2N5O. The van der Waals surface area contributed by atoms with Gasteiger partial charge in [0, 0.05) is 5.69 Å². The molecule has 0 aliphatic carbocycles. The number of anilines is 1. The van der Waals surface area contributed by atoms with Gasteiger partial charge in [-0.05, 0) is 70.4 Å². The first-order valence-corrected chi connectivity index (χ1v) is 8.73. The molecule has 3 aromatic carbocycles. The fourth-order valence-corrected chi connectivity index (χ4v) is 2.98. The lowest BCUT2D eigenvalue weighted by Crippen LogP contribution is -2.15. The van der Waals surface area contributed by atoms with Crippen LogP contribution >= 0.6 is 0 Å². The Balaban J connectivity index is 1.59. The van der Waals surface area contributed by atoms with Gasteiger partial charge in [-0.2, -0.15) is 0 Å². The zero-order chi connectivity index (χ0) is 20.4. The molecule has 1 heterocycles. The van der Waals surface area contributed by atoms with Crippen molar-refractivity contribution in [3.63, 3.8) is 0 Å². The van der Waals surface area contributed by atoms with Crippen LogP contribution in [0.1, 0.15) is 15.9 Å². The van der Waals surface area contributed by atoms with E-state index in [-0.39, 0.29) is 0 Å². The molecule has 4 aromatic rings. The van der Waals surface area contributed by atoms with Gasteiger partial charge in [0.15, 0.2) is 0 Å². The molecule has 144 valence electrons. The molecule has 1 aromatic heterocycles. The maximum absolute atomic E-state index is 13.8. The molecular weight excluding hydrogens is 376 g/mol. The maximum Gasteiger partial charge on any atom is 0.261 e. The molecule has 8 heteroatoms. The van der Waals surface area contributed by atoms with Crippen molar-refractivity contribution in [2.75, 3.05) is 5.32 Å². The molecule has 1 amide bonds. The van der Waals surface area contributed by atoms with E-state index in [4.69, 9.17) is 0 Å². The minimum atomic E-state index is -0.908. The van der Waals surface area contributed by atoms with Crippen LogP contribution in [-0.4, -0.2) is 26.1 Å². The lowest BCUT2D eigenvalue weighted by Gasteiger charge is -2.11. The minimum Gasteiger partial charge on any atom is -0.322 e. The van der Waals surface area contributed by atoms with E-state index >= 15 is 0 Å². The molecule has 0 saturated carbocycles. The van der Waals surface area contributed by atoms with Crippen LogP contribution in [0.3, 0.4) is 0 Å². The summed E-state index contributed by atoms with van der Waals surface area (Å²) in [4.78, 5) is 12.2. The number of aromatic nitrogens is 4. The Kier molecular flexibility index (Phi) is 4.82. The highest BCUT2D eigenvalue weighted by atomic mass is 19.1. The zero-order valence-corrected chi connectivity index (χ0v) is 15.3. The monoisotopic (exact) mass is 391 g/mol. The fourth-order valence-electron chi connectivity index (χ4n) is 2.98. The number of nitrogens with zero attached hydrogens (tertiary/aromatic N) is 4. The summed E-state index contributed by atoms with van der Waals surface area (Å²) in [5, 5.41) is 13.7. The predicted octanol–water partition coefficient (Wildman–Crippen LogP) is 4.17. The van der Waals surface area contributed by atoms with Gasteiger partial charge in [-0.1, -0.05) is 24.3 Å². The first-order valence-electron chi connectivity index (χ1n) is 8.73. The van der Waals surface area contributed by atoms with Gasteiger partial charge in [0.05, 0.1) is 5.69 Å². The van der Waals surface area contributed by atoms with E-state index in [0.717, 1.165) is 34.5 Å². The number of amides is 1. The van der Waals surface area contributed by atoms with Crippen LogP contribution in [0.4, 0.5) is 14.5 Å². The summed E-state index contributed by atoms with van der Waals surface area (Å²) < 4.78 is 29.1. The normalized spacial score (nSPS) is 10.7.